The summed E-state index contributed by atoms with van der Waals surface area (Å²) in [6.45, 7) is 4.01. The second-order valence-corrected chi connectivity index (χ2v) is 4.07. The molecule has 0 saturated carbocycles. The van der Waals surface area contributed by atoms with Crippen LogP contribution in [-0.4, -0.2) is 10.9 Å². The van der Waals surface area contributed by atoms with E-state index in [1.165, 1.54) is 0 Å². The van der Waals surface area contributed by atoms with Crippen molar-refractivity contribution in [1.29, 1.82) is 0 Å². The molecule has 0 unspecified atom stereocenters. The molecule has 1 amide bonds. The highest BCUT2D eigenvalue weighted by atomic mass is 35.5. The van der Waals surface area contributed by atoms with Crippen molar-refractivity contribution in [3.05, 3.63) is 59.4 Å². The third kappa shape index (κ3) is 3.57. The van der Waals surface area contributed by atoms with E-state index >= 15 is 0 Å². The molecule has 18 heavy (non-hydrogen) atoms. The zero-order chi connectivity index (χ0) is 12.3. The van der Waals surface area contributed by atoms with E-state index in [9.17, 15) is 4.79 Å². The number of hydrogen-bond acceptors (Lipinski definition) is 2. The summed E-state index contributed by atoms with van der Waals surface area (Å²) in [5.41, 5.74) is 3.64. The van der Waals surface area contributed by atoms with Gasteiger partial charge in [-0.1, -0.05) is 6.07 Å². The van der Waals surface area contributed by atoms with E-state index in [1.54, 1.807) is 24.5 Å². The van der Waals surface area contributed by atoms with Crippen LogP contribution in [0.3, 0.4) is 0 Å². The molecule has 1 aromatic carbocycles. The SMILES string of the molecule is Cc1cc(C)cc(NC(=O)c2cccnc2)c1.Cl. The van der Waals surface area contributed by atoms with Crippen molar-refractivity contribution in [2.24, 2.45) is 0 Å². The zero-order valence-corrected chi connectivity index (χ0v) is 11.1. The van der Waals surface area contributed by atoms with Crippen LogP contribution >= 0.6 is 12.4 Å². The largest absolute Gasteiger partial charge is 0.322 e. The second-order valence-electron chi connectivity index (χ2n) is 4.07. The highest BCUT2D eigenvalue weighted by Crippen LogP contribution is 2.14. The number of halogens is 1. The molecular formula is C14H15ClN2O. The monoisotopic (exact) mass is 262 g/mol. The van der Waals surface area contributed by atoms with Gasteiger partial charge in [-0.15, -0.1) is 12.4 Å². The Morgan fingerprint density at radius 3 is 2.39 bits per heavy atom. The van der Waals surface area contributed by atoms with Crippen LogP contribution in [0.15, 0.2) is 42.7 Å². The molecule has 0 radical (unpaired) electrons. The smallest absolute Gasteiger partial charge is 0.257 e. The Bertz CT molecular complexity index is 520. The summed E-state index contributed by atoms with van der Waals surface area (Å²) in [6, 6.07) is 9.45. The maximum Gasteiger partial charge on any atom is 0.257 e. The number of hydrogen-bond donors (Lipinski definition) is 1. The fourth-order valence-electron chi connectivity index (χ4n) is 1.75. The number of aryl methyl sites for hydroxylation is 2. The molecule has 4 heteroatoms. The van der Waals surface area contributed by atoms with Crippen molar-refractivity contribution in [2.45, 2.75) is 13.8 Å². The maximum absolute atomic E-state index is 11.9. The van der Waals surface area contributed by atoms with E-state index in [0.717, 1.165) is 16.8 Å². The predicted octanol–water partition coefficient (Wildman–Crippen LogP) is 3.37. The van der Waals surface area contributed by atoms with Gasteiger partial charge in [0.15, 0.2) is 0 Å². The molecule has 0 saturated heterocycles. The molecule has 0 aliphatic carbocycles. The third-order valence-electron chi connectivity index (χ3n) is 2.40. The molecule has 0 fully saturated rings. The molecule has 0 aliphatic rings. The van der Waals surface area contributed by atoms with Gasteiger partial charge in [0.1, 0.15) is 0 Å². The topological polar surface area (TPSA) is 42.0 Å². The lowest BCUT2D eigenvalue weighted by Crippen LogP contribution is -2.12. The molecular weight excluding hydrogens is 248 g/mol. The highest BCUT2D eigenvalue weighted by molar-refractivity contribution is 6.04. The molecule has 3 nitrogen and oxygen atoms in total. The molecule has 0 aliphatic heterocycles. The average Bonchev–Trinajstić information content (AvgIpc) is 2.28. The normalized spacial score (nSPS) is 9.44. The number of rotatable bonds is 2. The number of carbonyl (C=O) groups excluding carboxylic acids is 1. The lowest BCUT2D eigenvalue weighted by Gasteiger charge is -2.07. The first-order valence-corrected chi connectivity index (χ1v) is 5.45. The number of nitrogens with one attached hydrogen (secondary N) is 1. The first kappa shape index (κ1) is 14.2. The number of pyridine rings is 1. The molecule has 0 bridgehead atoms. The van der Waals surface area contributed by atoms with Gasteiger partial charge >= 0.3 is 0 Å². The van der Waals surface area contributed by atoms with Gasteiger partial charge in [-0.25, -0.2) is 0 Å². The average molecular weight is 263 g/mol. The predicted molar refractivity (Wildman–Crippen MR) is 75.4 cm³/mol. The molecule has 2 rings (SSSR count). The molecule has 2 aromatic rings. The summed E-state index contributed by atoms with van der Waals surface area (Å²) in [6.07, 6.45) is 3.20. The number of amides is 1. The van der Waals surface area contributed by atoms with Crippen LogP contribution < -0.4 is 5.32 Å². The van der Waals surface area contributed by atoms with Crippen LogP contribution in [0.4, 0.5) is 5.69 Å². The molecule has 1 heterocycles. The Kier molecular flexibility index (Phi) is 4.86. The molecule has 1 aromatic heterocycles. The van der Waals surface area contributed by atoms with Crippen molar-refractivity contribution in [2.75, 3.05) is 5.32 Å². The summed E-state index contributed by atoms with van der Waals surface area (Å²) in [7, 11) is 0. The van der Waals surface area contributed by atoms with Gasteiger partial charge < -0.3 is 5.32 Å². The number of benzene rings is 1. The Balaban J connectivity index is 0.00000162. The molecule has 0 spiro atoms. The Morgan fingerprint density at radius 1 is 1.17 bits per heavy atom. The number of anilines is 1. The fourth-order valence-corrected chi connectivity index (χ4v) is 1.75. The van der Waals surface area contributed by atoms with Crippen LogP contribution in [0.2, 0.25) is 0 Å². The third-order valence-corrected chi connectivity index (χ3v) is 2.40. The van der Waals surface area contributed by atoms with E-state index in [0.29, 0.717) is 5.56 Å². The van der Waals surface area contributed by atoms with Gasteiger partial charge in [-0.05, 0) is 49.2 Å². The minimum absolute atomic E-state index is 0. The van der Waals surface area contributed by atoms with Crippen molar-refractivity contribution in [1.82, 2.24) is 4.98 Å². The quantitative estimate of drug-likeness (QED) is 0.902. The Labute approximate surface area is 113 Å². The fraction of sp³-hybridized carbons (Fsp3) is 0.143. The standard InChI is InChI=1S/C14H14N2O.ClH/c1-10-6-11(2)8-13(7-10)16-14(17)12-4-3-5-15-9-12;/h3-9H,1-2H3,(H,16,17);1H. The van der Waals surface area contributed by atoms with Crippen molar-refractivity contribution >= 4 is 24.0 Å². The van der Waals surface area contributed by atoms with Crippen molar-refractivity contribution in [3.63, 3.8) is 0 Å². The van der Waals surface area contributed by atoms with E-state index in [1.807, 2.05) is 26.0 Å². The van der Waals surface area contributed by atoms with Crippen molar-refractivity contribution < 1.29 is 4.79 Å². The van der Waals surface area contributed by atoms with Crippen LogP contribution in [0.25, 0.3) is 0 Å². The first-order valence-electron chi connectivity index (χ1n) is 5.45. The summed E-state index contributed by atoms with van der Waals surface area (Å²) < 4.78 is 0. The minimum Gasteiger partial charge on any atom is -0.322 e. The minimum atomic E-state index is -0.136. The molecule has 0 atom stereocenters. The summed E-state index contributed by atoms with van der Waals surface area (Å²) in [5, 5.41) is 2.86. The zero-order valence-electron chi connectivity index (χ0n) is 10.3. The van der Waals surface area contributed by atoms with Crippen LogP contribution in [0.1, 0.15) is 21.5 Å². The van der Waals surface area contributed by atoms with E-state index in [4.69, 9.17) is 0 Å². The number of aromatic nitrogens is 1. The van der Waals surface area contributed by atoms with Crippen LogP contribution in [-0.2, 0) is 0 Å². The second kappa shape index (κ2) is 6.17. The van der Waals surface area contributed by atoms with Crippen LogP contribution in [0.5, 0.6) is 0 Å². The number of carbonyl (C=O) groups is 1. The van der Waals surface area contributed by atoms with Gasteiger partial charge in [0.25, 0.3) is 5.91 Å². The van der Waals surface area contributed by atoms with Gasteiger partial charge in [0.05, 0.1) is 5.56 Å². The van der Waals surface area contributed by atoms with Crippen molar-refractivity contribution in [3.8, 4) is 0 Å². The molecule has 1 N–H and O–H groups in total. The first-order chi connectivity index (χ1) is 8.15. The van der Waals surface area contributed by atoms with Gasteiger partial charge in [-0.2, -0.15) is 0 Å². The lowest BCUT2D eigenvalue weighted by atomic mass is 10.1. The summed E-state index contributed by atoms with van der Waals surface area (Å²) in [5.74, 6) is -0.136. The summed E-state index contributed by atoms with van der Waals surface area (Å²) >= 11 is 0. The van der Waals surface area contributed by atoms with Gasteiger partial charge in [0, 0.05) is 18.1 Å². The lowest BCUT2D eigenvalue weighted by molar-refractivity contribution is 0.102. The summed E-state index contributed by atoms with van der Waals surface area (Å²) in [4.78, 5) is 15.8. The highest BCUT2D eigenvalue weighted by Gasteiger charge is 2.05. The van der Waals surface area contributed by atoms with Gasteiger partial charge in [0.2, 0.25) is 0 Å². The van der Waals surface area contributed by atoms with Gasteiger partial charge in [-0.3, -0.25) is 9.78 Å². The van der Waals surface area contributed by atoms with Crippen LogP contribution in [0, 0.1) is 13.8 Å². The van der Waals surface area contributed by atoms with E-state index < -0.39 is 0 Å². The Hall–Kier alpha value is -1.87. The maximum atomic E-state index is 11.9. The van der Waals surface area contributed by atoms with E-state index in [2.05, 4.69) is 16.4 Å². The molecule has 94 valence electrons. The Morgan fingerprint density at radius 2 is 1.83 bits per heavy atom. The number of nitrogens with zero attached hydrogens (tertiary/aromatic N) is 1. The van der Waals surface area contributed by atoms with E-state index in [-0.39, 0.29) is 18.3 Å².